The van der Waals surface area contributed by atoms with Gasteiger partial charge in [0.2, 0.25) is 0 Å². The smallest absolute Gasteiger partial charge is 0.272 e. The first-order chi connectivity index (χ1) is 12.1. The van der Waals surface area contributed by atoms with E-state index in [0.717, 1.165) is 28.7 Å². The Bertz CT molecular complexity index is 896. The first-order valence-electron chi connectivity index (χ1n) is 8.09. The Morgan fingerprint density at radius 2 is 1.76 bits per heavy atom. The molecule has 1 heterocycles. The highest BCUT2D eigenvalue weighted by molar-refractivity contribution is 6.07. The lowest BCUT2D eigenvalue weighted by Crippen LogP contribution is -2.25. The van der Waals surface area contributed by atoms with Crippen LogP contribution in [0.1, 0.15) is 23.0 Å². The average molecular weight is 338 g/mol. The van der Waals surface area contributed by atoms with Gasteiger partial charge in [0.05, 0.1) is 0 Å². The highest BCUT2D eigenvalue weighted by atomic mass is 19.1. The second kappa shape index (κ2) is 7.25. The van der Waals surface area contributed by atoms with Crippen LogP contribution in [-0.2, 0) is 6.54 Å². The van der Waals surface area contributed by atoms with Gasteiger partial charge in [-0.2, -0.15) is 0 Å². The molecule has 2 aromatic carbocycles. The molecule has 1 aromatic heterocycles. The minimum atomic E-state index is -0.307. The van der Waals surface area contributed by atoms with Crippen molar-refractivity contribution in [3.63, 3.8) is 0 Å². The highest BCUT2D eigenvalue weighted by Crippen LogP contribution is 2.25. The van der Waals surface area contributed by atoms with E-state index in [1.807, 2.05) is 43.1 Å². The summed E-state index contributed by atoms with van der Waals surface area (Å²) >= 11 is 0. The molecule has 0 bridgehead atoms. The molecule has 0 fully saturated rings. The summed E-state index contributed by atoms with van der Waals surface area (Å²) in [6, 6.07) is 13.6. The number of benzene rings is 2. The SMILES string of the molecule is CCN(C)c1nnc(C(=O)NCc2ccc(F)cc2)c2ccccc12. The number of nitrogens with one attached hydrogen (secondary N) is 1. The Hall–Kier alpha value is -3.02. The zero-order valence-corrected chi connectivity index (χ0v) is 14.2. The number of aromatic nitrogens is 2. The lowest BCUT2D eigenvalue weighted by Gasteiger charge is -2.17. The minimum Gasteiger partial charge on any atom is -0.358 e. The van der Waals surface area contributed by atoms with Crippen LogP contribution in [0.2, 0.25) is 0 Å². The molecule has 0 spiro atoms. The topological polar surface area (TPSA) is 58.1 Å². The van der Waals surface area contributed by atoms with Crippen molar-refractivity contribution in [1.29, 1.82) is 0 Å². The molecule has 0 aliphatic carbocycles. The summed E-state index contributed by atoms with van der Waals surface area (Å²) in [5, 5.41) is 12.8. The summed E-state index contributed by atoms with van der Waals surface area (Å²) in [6.07, 6.45) is 0. The van der Waals surface area contributed by atoms with E-state index in [1.54, 1.807) is 12.1 Å². The molecular weight excluding hydrogens is 319 g/mol. The van der Waals surface area contributed by atoms with Crippen LogP contribution in [0.4, 0.5) is 10.2 Å². The average Bonchev–Trinajstić information content (AvgIpc) is 2.65. The molecule has 1 N–H and O–H groups in total. The molecule has 0 saturated carbocycles. The minimum absolute atomic E-state index is 0.283. The van der Waals surface area contributed by atoms with Crippen LogP contribution in [0, 0.1) is 5.82 Å². The molecule has 3 aromatic rings. The van der Waals surface area contributed by atoms with E-state index in [2.05, 4.69) is 15.5 Å². The molecular formula is C19H19FN4O. The number of fused-ring (bicyclic) bond motifs is 1. The second-order valence-corrected chi connectivity index (χ2v) is 5.74. The number of nitrogens with zero attached hydrogens (tertiary/aromatic N) is 3. The van der Waals surface area contributed by atoms with E-state index in [9.17, 15) is 9.18 Å². The summed E-state index contributed by atoms with van der Waals surface area (Å²) in [5.74, 6) is 0.134. The molecule has 0 radical (unpaired) electrons. The van der Waals surface area contributed by atoms with Gasteiger partial charge < -0.3 is 10.2 Å². The van der Waals surface area contributed by atoms with Crippen molar-refractivity contribution in [1.82, 2.24) is 15.5 Å². The van der Waals surface area contributed by atoms with Crippen molar-refractivity contribution in [2.24, 2.45) is 0 Å². The van der Waals surface area contributed by atoms with E-state index >= 15 is 0 Å². The molecule has 0 saturated heterocycles. The van der Waals surface area contributed by atoms with E-state index in [1.165, 1.54) is 12.1 Å². The van der Waals surface area contributed by atoms with Gasteiger partial charge in [0.15, 0.2) is 11.5 Å². The summed E-state index contributed by atoms with van der Waals surface area (Å²) < 4.78 is 12.9. The van der Waals surface area contributed by atoms with Gasteiger partial charge in [-0.25, -0.2) is 4.39 Å². The predicted octanol–water partition coefficient (Wildman–Crippen LogP) is 3.16. The fourth-order valence-electron chi connectivity index (χ4n) is 2.56. The molecule has 6 heteroatoms. The molecule has 0 aliphatic rings. The Morgan fingerprint density at radius 3 is 2.44 bits per heavy atom. The summed E-state index contributed by atoms with van der Waals surface area (Å²) in [4.78, 5) is 14.5. The Kier molecular flexibility index (Phi) is 4.88. The maximum absolute atomic E-state index is 12.9. The lowest BCUT2D eigenvalue weighted by molar-refractivity contribution is 0.0947. The number of amides is 1. The van der Waals surface area contributed by atoms with Crippen LogP contribution in [0.5, 0.6) is 0 Å². The third kappa shape index (κ3) is 3.57. The maximum Gasteiger partial charge on any atom is 0.272 e. The zero-order chi connectivity index (χ0) is 17.8. The van der Waals surface area contributed by atoms with E-state index in [4.69, 9.17) is 0 Å². The van der Waals surface area contributed by atoms with Crippen LogP contribution < -0.4 is 10.2 Å². The predicted molar refractivity (Wildman–Crippen MR) is 96.1 cm³/mol. The number of carbonyl (C=O) groups excluding carboxylic acids is 1. The van der Waals surface area contributed by atoms with E-state index in [0.29, 0.717) is 6.54 Å². The Balaban J connectivity index is 1.87. The van der Waals surface area contributed by atoms with Gasteiger partial charge in [-0.15, -0.1) is 10.2 Å². The van der Waals surface area contributed by atoms with Crippen molar-refractivity contribution in [3.8, 4) is 0 Å². The molecule has 25 heavy (non-hydrogen) atoms. The standard InChI is InChI=1S/C19H19FN4O/c1-3-24(2)18-16-7-5-4-6-15(16)17(22-23-18)19(25)21-12-13-8-10-14(20)11-9-13/h4-11H,3,12H2,1-2H3,(H,21,25). The normalized spacial score (nSPS) is 10.7. The van der Waals surface area contributed by atoms with E-state index < -0.39 is 0 Å². The molecule has 5 nitrogen and oxygen atoms in total. The summed E-state index contributed by atoms with van der Waals surface area (Å²) in [7, 11) is 1.94. The Labute approximate surface area is 145 Å². The fourth-order valence-corrected chi connectivity index (χ4v) is 2.56. The van der Waals surface area contributed by atoms with Gasteiger partial charge in [0.1, 0.15) is 5.82 Å². The number of hydrogen-bond acceptors (Lipinski definition) is 4. The first-order valence-corrected chi connectivity index (χ1v) is 8.09. The van der Waals surface area contributed by atoms with Gasteiger partial charge in [0.25, 0.3) is 5.91 Å². The van der Waals surface area contributed by atoms with Crippen molar-refractivity contribution in [3.05, 3.63) is 65.6 Å². The van der Waals surface area contributed by atoms with Gasteiger partial charge in [-0.3, -0.25) is 4.79 Å². The Morgan fingerprint density at radius 1 is 1.08 bits per heavy atom. The molecule has 1 amide bonds. The van der Waals surface area contributed by atoms with Gasteiger partial charge in [0, 0.05) is 30.9 Å². The van der Waals surface area contributed by atoms with Gasteiger partial charge in [-0.1, -0.05) is 36.4 Å². The van der Waals surface area contributed by atoms with Crippen LogP contribution in [-0.4, -0.2) is 29.7 Å². The third-order valence-electron chi connectivity index (χ3n) is 4.09. The van der Waals surface area contributed by atoms with Crippen LogP contribution in [0.25, 0.3) is 10.8 Å². The van der Waals surface area contributed by atoms with Gasteiger partial charge in [-0.05, 0) is 24.6 Å². The number of carbonyl (C=O) groups is 1. The number of rotatable bonds is 5. The van der Waals surface area contributed by atoms with Crippen LogP contribution >= 0.6 is 0 Å². The fraction of sp³-hybridized carbons (Fsp3) is 0.211. The molecule has 0 aliphatic heterocycles. The first kappa shape index (κ1) is 16.8. The number of hydrogen-bond donors (Lipinski definition) is 1. The summed E-state index contributed by atoms with van der Waals surface area (Å²) in [5.41, 5.74) is 1.10. The highest BCUT2D eigenvalue weighted by Gasteiger charge is 2.16. The van der Waals surface area contributed by atoms with Crippen molar-refractivity contribution >= 4 is 22.5 Å². The maximum atomic E-state index is 12.9. The lowest BCUT2D eigenvalue weighted by atomic mass is 10.1. The van der Waals surface area contributed by atoms with E-state index in [-0.39, 0.29) is 17.4 Å². The molecule has 0 unspecified atom stereocenters. The quantitative estimate of drug-likeness (QED) is 0.776. The third-order valence-corrected chi connectivity index (χ3v) is 4.09. The summed E-state index contributed by atoms with van der Waals surface area (Å²) in [6.45, 7) is 3.11. The van der Waals surface area contributed by atoms with Crippen molar-refractivity contribution < 1.29 is 9.18 Å². The molecule has 128 valence electrons. The van der Waals surface area contributed by atoms with Crippen LogP contribution in [0.15, 0.2) is 48.5 Å². The monoisotopic (exact) mass is 338 g/mol. The number of halogens is 1. The zero-order valence-electron chi connectivity index (χ0n) is 14.2. The molecule has 0 atom stereocenters. The van der Waals surface area contributed by atoms with Gasteiger partial charge >= 0.3 is 0 Å². The van der Waals surface area contributed by atoms with Crippen molar-refractivity contribution in [2.45, 2.75) is 13.5 Å². The largest absolute Gasteiger partial charge is 0.358 e. The van der Waals surface area contributed by atoms with Crippen molar-refractivity contribution in [2.75, 3.05) is 18.5 Å². The molecule has 3 rings (SSSR count). The number of anilines is 1. The second-order valence-electron chi connectivity index (χ2n) is 5.74. The van der Waals surface area contributed by atoms with Crippen LogP contribution in [0.3, 0.4) is 0 Å².